The van der Waals surface area contributed by atoms with Gasteiger partial charge in [-0.3, -0.25) is 15.0 Å². The average molecular weight is 496 g/mol. The number of hydrogen-bond acceptors (Lipinski definition) is 6. The molecule has 1 aromatic heterocycles. The van der Waals surface area contributed by atoms with Crippen LogP contribution in [-0.2, 0) is 9.53 Å². The third kappa shape index (κ3) is 7.28. The SMILES string of the molecule is COc1ccc(-c2cccc(C(=O)CC(=O)NN(C(=O)OC(C)(C)C)c3ccc(Cl)cc3)c2)cn1. The molecule has 2 amide bonds. The first kappa shape index (κ1) is 25.7. The van der Waals surface area contributed by atoms with E-state index in [1.165, 1.54) is 7.11 Å². The van der Waals surface area contributed by atoms with Gasteiger partial charge >= 0.3 is 6.09 Å². The largest absolute Gasteiger partial charge is 0.481 e. The first-order chi connectivity index (χ1) is 16.6. The van der Waals surface area contributed by atoms with Crippen LogP contribution >= 0.6 is 11.6 Å². The summed E-state index contributed by atoms with van der Waals surface area (Å²) in [6.07, 6.45) is 0.367. The van der Waals surface area contributed by atoms with Crippen LogP contribution in [-0.4, -0.2) is 35.5 Å². The second-order valence-corrected chi connectivity index (χ2v) is 9.03. The molecule has 1 heterocycles. The third-order valence-corrected chi connectivity index (χ3v) is 4.93. The summed E-state index contributed by atoms with van der Waals surface area (Å²) in [6, 6.07) is 16.7. The number of hydrazine groups is 1. The Kier molecular flexibility index (Phi) is 8.09. The number of carbonyl (C=O) groups is 3. The summed E-state index contributed by atoms with van der Waals surface area (Å²) >= 11 is 5.94. The number of hydrogen-bond donors (Lipinski definition) is 1. The van der Waals surface area contributed by atoms with Crippen molar-refractivity contribution in [3.8, 4) is 17.0 Å². The van der Waals surface area contributed by atoms with Gasteiger partial charge in [0.1, 0.15) is 5.60 Å². The summed E-state index contributed by atoms with van der Waals surface area (Å²) in [5.74, 6) is -0.605. The van der Waals surface area contributed by atoms with Gasteiger partial charge in [-0.1, -0.05) is 29.8 Å². The van der Waals surface area contributed by atoms with Crippen LogP contribution in [0.3, 0.4) is 0 Å². The quantitative estimate of drug-likeness (QED) is 0.277. The van der Waals surface area contributed by atoms with Gasteiger partial charge in [0.25, 0.3) is 0 Å². The van der Waals surface area contributed by atoms with Gasteiger partial charge in [-0.05, 0) is 62.7 Å². The Bertz CT molecular complexity index is 1200. The standard InChI is InChI=1S/C26H26ClN3O5/c1-26(2,3)35-25(33)30(21-11-9-20(27)10-12-21)29-23(32)15-22(31)18-7-5-6-17(14-18)19-8-13-24(34-4)28-16-19/h5-14,16H,15H2,1-4H3,(H,29,32). The van der Waals surface area contributed by atoms with Crippen LogP contribution < -0.4 is 15.2 Å². The minimum Gasteiger partial charge on any atom is -0.481 e. The van der Waals surface area contributed by atoms with E-state index in [0.29, 0.717) is 22.2 Å². The van der Waals surface area contributed by atoms with Gasteiger partial charge in [-0.2, -0.15) is 5.01 Å². The zero-order valence-electron chi connectivity index (χ0n) is 19.9. The monoisotopic (exact) mass is 495 g/mol. The highest BCUT2D eigenvalue weighted by Crippen LogP contribution is 2.23. The highest BCUT2D eigenvalue weighted by Gasteiger charge is 2.26. The number of Topliss-reactive ketones (excluding diaryl/α,β-unsaturated/α-hetero) is 1. The topological polar surface area (TPSA) is 97.8 Å². The van der Waals surface area contributed by atoms with Crippen LogP contribution in [0.4, 0.5) is 10.5 Å². The van der Waals surface area contributed by atoms with Crippen LogP contribution in [0.25, 0.3) is 11.1 Å². The van der Waals surface area contributed by atoms with E-state index < -0.39 is 29.8 Å². The maximum Gasteiger partial charge on any atom is 0.434 e. The van der Waals surface area contributed by atoms with Gasteiger partial charge in [-0.25, -0.2) is 9.78 Å². The first-order valence-corrected chi connectivity index (χ1v) is 11.2. The number of amides is 2. The van der Waals surface area contributed by atoms with Crippen LogP contribution in [0.5, 0.6) is 5.88 Å². The Hall–Kier alpha value is -3.91. The van der Waals surface area contributed by atoms with Crippen molar-refractivity contribution in [2.75, 3.05) is 12.1 Å². The van der Waals surface area contributed by atoms with Crippen LogP contribution in [0.2, 0.25) is 5.02 Å². The molecule has 1 N–H and O–H groups in total. The maximum absolute atomic E-state index is 12.9. The Morgan fingerprint density at radius 2 is 1.71 bits per heavy atom. The lowest BCUT2D eigenvalue weighted by atomic mass is 10.0. The van der Waals surface area contributed by atoms with Crippen molar-refractivity contribution < 1.29 is 23.9 Å². The molecule has 0 aliphatic heterocycles. The van der Waals surface area contributed by atoms with Crippen molar-refractivity contribution in [3.05, 3.63) is 77.4 Å². The van der Waals surface area contributed by atoms with Gasteiger partial charge in [0.2, 0.25) is 11.8 Å². The fourth-order valence-electron chi connectivity index (χ4n) is 3.07. The molecule has 0 spiro atoms. The van der Waals surface area contributed by atoms with Crippen molar-refractivity contribution in [3.63, 3.8) is 0 Å². The Morgan fingerprint density at radius 3 is 2.31 bits per heavy atom. The van der Waals surface area contributed by atoms with E-state index in [0.717, 1.165) is 16.1 Å². The van der Waals surface area contributed by atoms with E-state index >= 15 is 0 Å². The molecule has 0 aliphatic rings. The average Bonchev–Trinajstić information content (AvgIpc) is 2.82. The van der Waals surface area contributed by atoms with E-state index in [4.69, 9.17) is 21.1 Å². The molecule has 3 aromatic rings. The molecule has 8 nitrogen and oxygen atoms in total. The van der Waals surface area contributed by atoms with E-state index in [1.54, 1.807) is 75.5 Å². The predicted molar refractivity (Wildman–Crippen MR) is 133 cm³/mol. The highest BCUT2D eigenvalue weighted by atomic mass is 35.5. The molecule has 182 valence electrons. The van der Waals surface area contributed by atoms with Crippen LogP contribution in [0.1, 0.15) is 37.6 Å². The zero-order valence-corrected chi connectivity index (χ0v) is 20.6. The smallest absolute Gasteiger partial charge is 0.434 e. The Morgan fingerprint density at radius 1 is 1.00 bits per heavy atom. The molecule has 0 aliphatic carbocycles. The second kappa shape index (κ2) is 11.0. The molecule has 0 saturated carbocycles. The normalized spacial score (nSPS) is 10.9. The molecule has 3 rings (SSSR count). The summed E-state index contributed by atoms with van der Waals surface area (Å²) in [5, 5.41) is 1.42. The van der Waals surface area contributed by atoms with Crippen molar-refractivity contribution >= 4 is 35.1 Å². The zero-order chi connectivity index (χ0) is 25.6. The fourth-order valence-corrected chi connectivity index (χ4v) is 3.20. The molecular weight excluding hydrogens is 470 g/mol. The van der Waals surface area contributed by atoms with Gasteiger partial charge in [0.05, 0.1) is 19.2 Å². The van der Waals surface area contributed by atoms with E-state index in [2.05, 4.69) is 10.4 Å². The molecule has 0 bridgehead atoms. The van der Waals surface area contributed by atoms with Crippen LogP contribution in [0, 0.1) is 0 Å². The van der Waals surface area contributed by atoms with Crippen molar-refractivity contribution in [1.82, 2.24) is 10.4 Å². The summed E-state index contributed by atoms with van der Waals surface area (Å²) in [7, 11) is 1.53. The molecule has 0 saturated heterocycles. The molecule has 0 atom stereocenters. The van der Waals surface area contributed by atoms with Gasteiger partial charge in [-0.15, -0.1) is 0 Å². The number of methoxy groups -OCH3 is 1. The summed E-state index contributed by atoms with van der Waals surface area (Å²) < 4.78 is 10.5. The number of rotatable bonds is 6. The summed E-state index contributed by atoms with van der Waals surface area (Å²) in [6.45, 7) is 5.13. The summed E-state index contributed by atoms with van der Waals surface area (Å²) in [4.78, 5) is 42.5. The van der Waals surface area contributed by atoms with Gasteiger partial charge in [0.15, 0.2) is 5.78 Å². The van der Waals surface area contributed by atoms with Crippen molar-refractivity contribution in [2.24, 2.45) is 0 Å². The van der Waals surface area contributed by atoms with Crippen molar-refractivity contribution in [2.45, 2.75) is 32.8 Å². The minimum atomic E-state index is -0.797. The highest BCUT2D eigenvalue weighted by molar-refractivity contribution is 6.30. The van der Waals surface area contributed by atoms with E-state index in [1.807, 2.05) is 12.1 Å². The number of nitrogens with zero attached hydrogens (tertiary/aromatic N) is 2. The summed E-state index contributed by atoms with van der Waals surface area (Å²) in [5.41, 5.74) is 3.92. The Balaban J connectivity index is 1.75. The first-order valence-electron chi connectivity index (χ1n) is 10.8. The number of ketones is 1. The number of aromatic nitrogens is 1. The maximum atomic E-state index is 12.9. The molecule has 0 fully saturated rings. The lowest BCUT2D eigenvalue weighted by Gasteiger charge is -2.27. The number of benzene rings is 2. The van der Waals surface area contributed by atoms with E-state index in [-0.39, 0.29) is 0 Å². The van der Waals surface area contributed by atoms with Gasteiger partial charge < -0.3 is 9.47 Å². The van der Waals surface area contributed by atoms with Gasteiger partial charge in [0, 0.05) is 28.4 Å². The third-order valence-electron chi connectivity index (χ3n) is 4.68. The molecular formula is C26H26ClN3O5. The Labute approximate surface area is 208 Å². The number of carbonyl (C=O) groups excluding carboxylic acids is 3. The second-order valence-electron chi connectivity index (χ2n) is 8.60. The van der Waals surface area contributed by atoms with E-state index in [9.17, 15) is 14.4 Å². The number of ether oxygens (including phenoxy) is 2. The fraction of sp³-hybridized carbons (Fsp3) is 0.231. The van der Waals surface area contributed by atoms with Crippen LogP contribution in [0.15, 0.2) is 66.9 Å². The number of pyridine rings is 1. The number of nitrogens with one attached hydrogen (secondary N) is 1. The predicted octanol–water partition coefficient (Wildman–Crippen LogP) is 5.46. The van der Waals surface area contributed by atoms with Crippen molar-refractivity contribution in [1.29, 1.82) is 0 Å². The molecule has 2 aromatic carbocycles. The number of anilines is 1. The molecule has 35 heavy (non-hydrogen) atoms. The molecule has 9 heteroatoms. The lowest BCUT2D eigenvalue weighted by molar-refractivity contribution is -0.120. The molecule has 0 radical (unpaired) electrons. The minimum absolute atomic E-state index is 0.332. The molecule has 0 unspecified atom stereocenters. The lowest BCUT2D eigenvalue weighted by Crippen LogP contribution is -2.49. The number of halogens is 1.